The largest absolute Gasteiger partial charge is 0.293 e. The van der Waals surface area contributed by atoms with E-state index in [1.807, 2.05) is 43.3 Å². The number of hydrogen-bond acceptors (Lipinski definition) is 4. The van der Waals surface area contributed by atoms with Crippen molar-refractivity contribution in [1.29, 1.82) is 0 Å². The van der Waals surface area contributed by atoms with E-state index in [1.165, 1.54) is 11.8 Å². The minimum atomic E-state index is 0.0430. The lowest BCUT2D eigenvalue weighted by molar-refractivity contribution is 0.102. The predicted octanol–water partition coefficient (Wildman–Crippen LogP) is 5.08. The molecular formula is C19H15ClN2OS. The van der Waals surface area contributed by atoms with Crippen molar-refractivity contribution in [1.82, 2.24) is 10.2 Å². The zero-order valence-corrected chi connectivity index (χ0v) is 14.6. The Bertz CT molecular complexity index is 848. The first kappa shape index (κ1) is 16.7. The maximum absolute atomic E-state index is 12.2. The highest BCUT2D eigenvalue weighted by atomic mass is 35.5. The number of nitrogens with zero attached hydrogens (tertiary/aromatic N) is 2. The molecule has 0 aliphatic carbocycles. The lowest BCUT2D eigenvalue weighted by Gasteiger charge is -2.05. The molecule has 0 amide bonds. The van der Waals surface area contributed by atoms with E-state index < -0.39 is 0 Å². The number of halogens is 1. The molecule has 3 aromatic rings. The molecule has 0 aliphatic heterocycles. The maximum Gasteiger partial charge on any atom is 0.173 e. The molecule has 0 bridgehead atoms. The van der Waals surface area contributed by atoms with E-state index in [0.717, 1.165) is 21.8 Å². The fourth-order valence-electron chi connectivity index (χ4n) is 2.26. The van der Waals surface area contributed by atoms with Crippen LogP contribution in [0.15, 0.2) is 65.7 Å². The summed E-state index contributed by atoms with van der Waals surface area (Å²) in [6.07, 6.45) is 0. The van der Waals surface area contributed by atoms with Gasteiger partial charge in [0.05, 0.1) is 11.4 Å². The summed E-state index contributed by atoms with van der Waals surface area (Å²) in [5, 5.41) is 9.84. The van der Waals surface area contributed by atoms with Crippen LogP contribution in [0.2, 0.25) is 5.02 Å². The van der Waals surface area contributed by atoms with Gasteiger partial charge in [-0.25, -0.2) is 0 Å². The van der Waals surface area contributed by atoms with Crippen LogP contribution >= 0.6 is 23.4 Å². The highest BCUT2D eigenvalue weighted by Crippen LogP contribution is 2.23. The molecule has 2 aromatic carbocycles. The number of aromatic nitrogens is 2. The van der Waals surface area contributed by atoms with Gasteiger partial charge in [0.15, 0.2) is 5.78 Å². The second-order valence-electron chi connectivity index (χ2n) is 5.29. The summed E-state index contributed by atoms with van der Waals surface area (Å²) in [5.74, 6) is 0.362. The summed E-state index contributed by atoms with van der Waals surface area (Å²) in [5.41, 5.74) is 3.71. The number of benzene rings is 2. The third kappa shape index (κ3) is 4.02. The van der Waals surface area contributed by atoms with E-state index in [-0.39, 0.29) is 5.78 Å². The van der Waals surface area contributed by atoms with Gasteiger partial charge < -0.3 is 0 Å². The van der Waals surface area contributed by atoms with Crippen molar-refractivity contribution in [3.8, 4) is 11.3 Å². The van der Waals surface area contributed by atoms with Gasteiger partial charge in [-0.3, -0.25) is 4.79 Å². The van der Waals surface area contributed by atoms with Crippen LogP contribution in [0.5, 0.6) is 0 Å². The number of rotatable bonds is 5. The summed E-state index contributed by atoms with van der Waals surface area (Å²) in [6, 6.07) is 18.8. The zero-order valence-electron chi connectivity index (χ0n) is 13.1. The second-order valence-corrected chi connectivity index (χ2v) is 6.72. The van der Waals surface area contributed by atoms with E-state index in [9.17, 15) is 4.79 Å². The number of aryl methyl sites for hydroxylation is 1. The molecule has 1 heterocycles. The summed E-state index contributed by atoms with van der Waals surface area (Å²) in [4.78, 5) is 12.2. The quantitative estimate of drug-likeness (QED) is 0.473. The van der Waals surface area contributed by atoms with Crippen molar-refractivity contribution >= 4 is 29.1 Å². The molecule has 0 unspecified atom stereocenters. The van der Waals surface area contributed by atoms with E-state index in [2.05, 4.69) is 10.2 Å². The number of thioether (sulfide) groups is 1. The first-order chi connectivity index (χ1) is 11.6. The number of Topliss-reactive ketones (excluding diaryl/α,β-unsaturated/α-hetero) is 1. The van der Waals surface area contributed by atoms with Crippen LogP contribution in [0.4, 0.5) is 0 Å². The van der Waals surface area contributed by atoms with Gasteiger partial charge in [0.2, 0.25) is 0 Å². The predicted molar refractivity (Wildman–Crippen MR) is 98.7 cm³/mol. The van der Waals surface area contributed by atoms with Gasteiger partial charge in [-0.15, -0.1) is 10.2 Å². The van der Waals surface area contributed by atoms with Gasteiger partial charge in [-0.05, 0) is 48.9 Å². The van der Waals surface area contributed by atoms with Crippen molar-refractivity contribution in [2.24, 2.45) is 0 Å². The van der Waals surface area contributed by atoms with Crippen molar-refractivity contribution in [3.05, 3.63) is 76.8 Å². The molecule has 0 fully saturated rings. The highest BCUT2D eigenvalue weighted by Gasteiger charge is 2.08. The summed E-state index contributed by atoms with van der Waals surface area (Å²) >= 11 is 7.21. The molecule has 0 N–H and O–H groups in total. The highest BCUT2D eigenvalue weighted by molar-refractivity contribution is 7.99. The normalized spacial score (nSPS) is 10.6. The smallest absolute Gasteiger partial charge is 0.173 e. The summed E-state index contributed by atoms with van der Waals surface area (Å²) in [7, 11) is 0. The van der Waals surface area contributed by atoms with Crippen molar-refractivity contribution in [2.75, 3.05) is 5.75 Å². The fourth-order valence-corrected chi connectivity index (χ4v) is 3.09. The molecule has 0 atom stereocenters. The van der Waals surface area contributed by atoms with E-state index in [1.54, 1.807) is 24.3 Å². The van der Waals surface area contributed by atoms with E-state index in [0.29, 0.717) is 16.3 Å². The third-order valence-corrected chi connectivity index (χ3v) is 4.75. The number of carbonyl (C=O) groups is 1. The SMILES string of the molecule is Cc1ccccc1-c1ccc(SCC(=O)c2ccc(Cl)cc2)nn1. The number of carbonyl (C=O) groups excluding carboxylic acids is 1. The Morgan fingerprint density at radius 3 is 2.42 bits per heavy atom. The van der Waals surface area contributed by atoms with Crippen LogP contribution in [0.1, 0.15) is 15.9 Å². The number of hydrogen-bond donors (Lipinski definition) is 0. The van der Waals surface area contributed by atoms with E-state index in [4.69, 9.17) is 11.6 Å². The van der Waals surface area contributed by atoms with Crippen LogP contribution in [0.3, 0.4) is 0 Å². The molecular weight excluding hydrogens is 340 g/mol. The van der Waals surface area contributed by atoms with Crippen LogP contribution in [0.25, 0.3) is 11.3 Å². The Labute approximate surface area is 150 Å². The van der Waals surface area contributed by atoms with Gasteiger partial charge in [-0.1, -0.05) is 47.6 Å². The first-order valence-electron chi connectivity index (χ1n) is 7.45. The first-order valence-corrected chi connectivity index (χ1v) is 8.81. The Balaban J connectivity index is 1.65. The molecule has 24 heavy (non-hydrogen) atoms. The minimum Gasteiger partial charge on any atom is -0.293 e. The van der Waals surface area contributed by atoms with E-state index >= 15 is 0 Å². The average Bonchev–Trinajstić information content (AvgIpc) is 2.61. The Morgan fingerprint density at radius 1 is 1.00 bits per heavy atom. The van der Waals surface area contributed by atoms with Gasteiger partial charge >= 0.3 is 0 Å². The average molecular weight is 355 g/mol. The third-order valence-electron chi connectivity index (χ3n) is 3.58. The van der Waals surface area contributed by atoms with Crippen molar-refractivity contribution in [2.45, 2.75) is 11.9 Å². The van der Waals surface area contributed by atoms with Crippen LogP contribution < -0.4 is 0 Å². The standard InChI is InChI=1S/C19H15ClN2OS/c1-13-4-2-3-5-16(13)17-10-11-19(22-21-17)24-12-18(23)14-6-8-15(20)9-7-14/h2-11H,12H2,1H3. The van der Waals surface area contributed by atoms with Gasteiger partial charge in [0.25, 0.3) is 0 Å². The van der Waals surface area contributed by atoms with Gasteiger partial charge in [0.1, 0.15) is 5.03 Å². The van der Waals surface area contributed by atoms with Gasteiger partial charge in [-0.2, -0.15) is 0 Å². The molecule has 120 valence electrons. The molecule has 5 heteroatoms. The van der Waals surface area contributed by atoms with Crippen LogP contribution in [-0.4, -0.2) is 21.7 Å². The van der Waals surface area contributed by atoms with Crippen molar-refractivity contribution < 1.29 is 4.79 Å². The summed E-state index contributed by atoms with van der Waals surface area (Å²) in [6.45, 7) is 2.05. The Morgan fingerprint density at radius 2 is 1.75 bits per heavy atom. The molecule has 3 nitrogen and oxygen atoms in total. The van der Waals surface area contributed by atoms with Crippen molar-refractivity contribution in [3.63, 3.8) is 0 Å². The summed E-state index contributed by atoms with van der Waals surface area (Å²) < 4.78 is 0. The Kier molecular flexibility index (Phi) is 5.28. The Hall–Kier alpha value is -2.17. The topological polar surface area (TPSA) is 42.9 Å². The van der Waals surface area contributed by atoms with Gasteiger partial charge in [0, 0.05) is 16.1 Å². The lowest BCUT2D eigenvalue weighted by atomic mass is 10.1. The van der Waals surface area contributed by atoms with Crippen LogP contribution in [-0.2, 0) is 0 Å². The molecule has 3 rings (SSSR count). The molecule has 0 radical (unpaired) electrons. The maximum atomic E-state index is 12.2. The molecule has 0 saturated heterocycles. The second kappa shape index (κ2) is 7.60. The zero-order chi connectivity index (χ0) is 16.9. The minimum absolute atomic E-state index is 0.0430. The lowest BCUT2D eigenvalue weighted by Crippen LogP contribution is -2.02. The van der Waals surface area contributed by atoms with Crippen LogP contribution in [0, 0.1) is 6.92 Å². The monoisotopic (exact) mass is 354 g/mol. The number of ketones is 1. The molecule has 0 spiro atoms. The molecule has 0 saturated carbocycles. The molecule has 1 aromatic heterocycles. The fraction of sp³-hybridized carbons (Fsp3) is 0.105. The molecule has 0 aliphatic rings.